The monoisotopic (exact) mass is 421 g/mol. The molecule has 0 radical (unpaired) electrons. The van der Waals surface area contributed by atoms with Crippen molar-refractivity contribution in [2.75, 3.05) is 13.7 Å². The molecule has 1 saturated carbocycles. The molecule has 2 aliphatic rings. The number of ketones is 1. The van der Waals surface area contributed by atoms with Crippen molar-refractivity contribution in [1.82, 2.24) is 4.90 Å². The number of benzene rings is 2. The maximum Gasteiger partial charge on any atom is 0.410 e. The summed E-state index contributed by atoms with van der Waals surface area (Å²) >= 11 is 0. The fraction of sp³-hybridized carbons (Fsp3) is 0.400. The summed E-state index contributed by atoms with van der Waals surface area (Å²) in [5.74, 6) is -0.102. The summed E-state index contributed by atoms with van der Waals surface area (Å²) in [6, 6.07) is 14.8. The van der Waals surface area contributed by atoms with Gasteiger partial charge in [-0.2, -0.15) is 0 Å². The van der Waals surface area contributed by atoms with Crippen molar-refractivity contribution in [1.29, 1.82) is 0 Å². The molecule has 0 aromatic heterocycles. The number of carbonyl (C=O) groups excluding carboxylic acids is 3. The van der Waals surface area contributed by atoms with Crippen LogP contribution in [0.2, 0.25) is 0 Å². The molecule has 2 aromatic rings. The zero-order valence-electron chi connectivity index (χ0n) is 17.9. The van der Waals surface area contributed by atoms with Crippen molar-refractivity contribution in [3.8, 4) is 0 Å². The summed E-state index contributed by atoms with van der Waals surface area (Å²) in [5.41, 5.74) is 3.26. The van der Waals surface area contributed by atoms with Crippen LogP contribution in [0.3, 0.4) is 0 Å². The average molecular weight is 421 g/mol. The van der Waals surface area contributed by atoms with Gasteiger partial charge in [0.15, 0.2) is 0 Å². The molecule has 2 aromatic carbocycles. The smallest absolute Gasteiger partial charge is 0.410 e. The van der Waals surface area contributed by atoms with Gasteiger partial charge in [-0.1, -0.05) is 36.4 Å². The second kappa shape index (κ2) is 8.53. The standard InChI is InChI=1S/C25H27NO5/c1-17-12-19(23(28)30-2)8-9-21(17)22-15-25(13-20(27)14-25)10-11-26(22)24(29)31-16-18-6-4-3-5-7-18/h3-9,12,22H,10-11,13-16H2,1-2H3/t22-/m0/s1. The van der Waals surface area contributed by atoms with Gasteiger partial charge in [0, 0.05) is 19.4 Å². The summed E-state index contributed by atoms with van der Waals surface area (Å²) in [6.07, 6.45) is 2.32. The van der Waals surface area contributed by atoms with Crippen LogP contribution in [0.5, 0.6) is 0 Å². The van der Waals surface area contributed by atoms with E-state index in [2.05, 4.69) is 0 Å². The van der Waals surface area contributed by atoms with Crippen LogP contribution in [0, 0.1) is 12.3 Å². The molecule has 1 spiro atoms. The Morgan fingerprint density at radius 3 is 2.52 bits per heavy atom. The molecule has 1 aliphatic heterocycles. The maximum atomic E-state index is 13.0. The van der Waals surface area contributed by atoms with Gasteiger partial charge in [0.25, 0.3) is 0 Å². The number of likely N-dealkylation sites (tertiary alicyclic amines) is 1. The normalized spacial score (nSPS) is 19.6. The third kappa shape index (κ3) is 4.33. The highest BCUT2D eigenvalue weighted by Crippen LogP contribution is 2.52. The van der Waals surface area contributed by atoms with Gasteiger partial charge >= 0.3 is 12.1 Å². The van der Waals surface area contributed by atoms with Gasteiger partial charge in [0.1, 0.15) is 12.4 Å². The predicted molar refractivity (Wildman–Crippen MR) is 115 cm³/mol. The van der Waals surface area contributed by atoms with Gasteiger partial charge in [0.05, 0.1) is 18.7 Å². The molecule has 1 heterocycles. The molecule has 1 amide bonds. The average Bonchev–Trinajstić information content (AvgIpc) is 2.76. The number of ether oxygens (including phenoxy) is 2. The third-order valence-electron chi connectivity index (χ3n) is 6.52. The number of esters is 1. The highest BCUT2D eigenvalue weighted by Gasteiger charge is 2.50. The number of methoxy groups -OCH3 is 1. The fourth-order valence-electron chi connectivity index (χ4n) is 4.83. The Bertz CT molecular complexity index is 992. The Morgan fingerprint density at radius 1 is 1.13 bits per heavy atom. The summed E-state index contributed by atoms with van der Waals surface area (Å²) in [7, 11) is 1.36. The van der Waals surface area contributed by atoms with Gasteiger partial charge < -0.3 is 14.4 Å². The Hall–Kier alpha value is -3.15. The van der Waals surface area contributed by atoms with Crippen LogP contribution in [-0.4, -0.2) is 36.4 Å². The van der Waals surface area contributed by atoms with E-state index in [1.807, 2.05) is 43.3 Å². The molecule has 0 bridgehead atoms. The zero-order valence-corrected chi connectivity index (χ0v) is 17.9. The van der Waals surface area contributed by atoms with E-state index in [0.717, 1.165) is 29.5 Å². The van der Waals surface area contributed by atoms with Gasteiger partial charge in [-0.25, -0.2) is 9.59 Å². The molecule has 4 rings (SSSR count). The van der Waals surface area contributed by atoms with Gasteiger partial charge in [-0.3, -0.25) is 4.79 Å². The number of carbonyl (C=O) groups is 3. The van der Waals surface area contributed by atoms with Gasteiger partial charge in [0.2, 0.25) is 0 Å². The number of nitrogens with zero attached hydrogens (tertiary/aromatic N) is 1. The van der Waals surface area contributed by atoms with E-state index in [0.29, 0.717) is 24.9 Å². The number of hydrogen-bond donors (Lipinski definition) is 0. The quantitative estimate of drug-likeness (QED) is 0.675. The molecule has 162 valence electrons. The fourth-order valence-corrected chi connectivity index (χ4v) is 4.83. The summed E-state index contributed by atoms with van der Waals surface area (Å²) < 4.78 is 10.4. The molecule has 6 heteroatoms. The number of Topliss-reactive ketones (excluding diaryl/α,β-unsaturated/α-hetero) is 1. The van der Waals surface area contributed by atoms with Crippen molar-refractivity contribution >= 4 is 17.8 Å². The van der Waals surface area contributed by atoms with Gasteiger partial charge in [-0.15, -0.1) is 0 Å². The Morgan fingerprint density at radius 2 is 1.87 bits per heavy atom. The summed E-state index contributed by atoms with van der Waals surface area (Å²) in [5, 5.41) is 0. The molecular formula is C25H27NO5. The van der Waals surface area contributed by atoms with Crippen molar-refractivity contribution in [3.63, 3.8) is 0 Å². The van der Waals surface area contributed by atoms with Crippen LogP contribution in [0.1, 0.15) is 58.8 Å². The molecule has 31 heavy (non-hydrogen) atoms. The van der Waals surface area contributed by atoms with E-state index in [9.17, 15) is 14.4 Å². The third-order valence-corrected chi connectivity index (χ3v) is 6.52. The van der Waals surface area contributed by atoms with Crippen LogP contribution in [0.25, 0.3) is 0 Å². The zero-order chi connectivity index (χ0) is 22.0. The second-order valence-corrected chi connectivity index (χ2v) is 8.66. The second-order valence-electron chi connectivity index (χ2n) is 8.66. The predicted octanol–water partition coefficient (Wildman–Crippen LogP) is 4.60. The van der Waals surface area contributed by atoms with E-state index in [1.54, 1.807) is 17.0 Å². The van der Waals surface area contributed by atoms with Crippen LogP contribution < -0.4 is 0 Å². The minimum atomic E-state index is -0.390. The van der Waals surface area contributed by atoms with E-state index in [4.69, 9.17) is 9.47 Å². The molecule has 1 aliphatic carbocycles. The van der Waals surface area contributed by atoms with E-state index < -0.39 is 5.97 Å². The van der Waals surface area contributed by atoms with E-state index >= 15 is 0 Å². The highest BCUT2D eigenvalue weighted by molar-refractivity contribution is 5.89. The first-order valence-electron chi connectivity index (χ1n) is 10.6. The first-order valence-corrected chi connectivity index (χ1v) is 10.6. The summed E-state index contributed by atoms with van der Waals surface area (Å²) in [6.45, 7) is 2.69. The van der Waals surface area contributed by atoms with E-state index in [-0.39, 0.29) is 29.9 Å². The first kappa shape index (κ1) is 21.1. The highest BCUT2D eigenvalue weighted by atomic mass is 16.6. The minimum absolute atomic E-state index is 0.0363. The topological polar surface area (TPSA) is 72.9 Å². The molecule has 0 N–H and O–H groups in total. The van der Waals surface area contributed by atoms with Crippen LogP contribution >= 0.6 is 0 Å². The van der Waals surface area contributed by atoms with Crippen LogP contribution in [0.15, 0.2) is 48.5 Å². The van der Waals surface area contributed by atoms with Gasteiger partial charge in [-0.05, 0) is 54.0 Å². The van der Waals surface area contributed by atoms with Crippen molar-refractivity contribution in [2.24, 2.45) is 5.41 Å². The Balaban J connectivity index is 1.57. The Labute approximate surface area is 182 Å². The lowest BCUT2D eigenvalue weighted by atomic mass is 9.60. The number of hydrogen-bond acceptors (Lipinski definition) is 5. The first-order chi connectivity index (χ1) is 14.9. The molecular weight excluding hydrogens is 394 g/mol. The number of piperidine rings is 1. The molecule has 2 fully saturated rings. The molecule has 0 unspecified atom stereocenters. The lowest BCUT2D eigenvalue weighted by Crippen LogP contribution is -2.50. The van der Waals surface area contributed by atoms with Crippen molar-refractivity contribution in [3.05, 3.63) is 70.8 Å². The van der Waals surface area contributed by atoms with Crippen LogP contribution in [-0.2, 0) is 20.9 Å². The lowest BCUT2D eigenvalue weighted by Gasteiger charge is -2.50. The maximum absolute atomic E-state index is 13.0. The number of aryl methyl sites for hydroxylation is 1. The molecule has 1 atom stereocenters. The lowest BCUT2D eigenvalue weighted by molar-refractivity contribution is -0.136. The molecule has 6 nitrogen and oxygen atoms in total. The van der Waals surface area contributed by atoms with E-state index in [1.165, 1.54) is 7.11 Å². The SMILES string of the molecule is COC(=O)c1ccc([C@@H]2CC3(CCN2C(=O)OCc2ccccc2)CC(=O)C3)c(C)c1. The van der Waals surface area contributed by atoms with Crippen molar-refractivity contribution < 1.29 is 23.9 Å². The molecule has 1 saturated heterocycles. The minimum Gasteiger partial charge on any atom is -0.465 e. The number of rotatable bonds is 4. The summed E-state index contributed by atoms with van der Waals surface area (Å²) in [4.78, 5) is 38.5. The van der Waals surface area contributed by atoms with Crippen LogP contribution in [0.4, 0.5) is 4.79 Å². The largest absolute Gasteiger partial charge is 0.465 e. The number of amides is 1. The van der Waals surface area contributed by atoms with Crippen molar-refractivity contribution in [2.45, 2.75) is 45.3 Å². The Kier molecular flexibility index (Phi) is 5.81.